The Kier molecular flexibility index (Phi) is 8.07. The predicted octanol–water partition coefficient (Wildman–Crippen LogP) is 5.68. The van der Waals surface area contributed by atoms with Gasteiger partial charge in [0.25, 0.3) is 0 Å². The van der Waals surface area contributed by atoms with Crippen molar-refractivity contribution < 1.29 is 9.53 Å². The third-order valence-electron chi connectivity index (χ3n) is 5.75. The Morgan fingerprint density at radius 1 is 0.968 bits per heavy atom. The van der Waals surface area contributed by atoms with Crippen LogP contribution in [0, 0.1) is 12.8 Å². The topological polar surface area (TPSA) is 34.5 Å². The summed E-state index contributed by atoms with van der Waals surface area (Å²) in [5.41, 5.74) is 5.59. The Labute approximate surface area is 186 Å². The lowest BCUT2D eigenvalue weighted by atomic mass is 10.1. The maximum absolute atomic E-state index is 12.2. The highest BCUT2D eigenvalue weighted by Crippen LogP contribution is 2.18. The van der Waals surface area contributed by atoms with Crippen molar-refractivity contribution in [3.63, 3.8) is 0 Å². The zero-order valence-corrected chi connectivity index (χ0v) is 19.2. The number of carbonyl (C=O) groups excluding carboxylic acids is 1. The number of carbonyl (C=O) groups is 1. The largest absolute Gasteiger partial charge is 0.465 e. The van der Waals surface area contributed by atoms with Crippen LogP contribution in [0.2, 0.25) is 0 Å². The molecule has 0 radical (unpaired) electrons. The first-order valence-electron chi connectivity index (χ1n) is 11.0. The zero-order chi connectivity index (χ0) is 22.2. The average Bonchev–Trinajstić information content (AvgIpc) is 3.20. The van der Waals surface area contributed by atoms with Crippen LogP contribution in [0.1, 0.15) is 53.0 Å². The van der Waals surface area contributed by atoms with Gasteiger partial charge in [-0.25, -0.2) is 4.79 Å². The Balaban J connectivity index is 1.81. The summed E-state index contributed by atoms with van der Waals surface area (Å²) in [6.07, 6.45) is 3.27. The van der Waals surface area contributed by atoms with Gasteiger partial charge in [-0.1, -0.05) is 56.3 Å². The van der Waals surface area contributed by atoms with Crippen LogP contribution in [0.4, 0.5) is 0 Å². The zero-order valence-electron chi connectivity index (χ0n) is 19.2. The normalized spacial score (nSPS) is 11.3. The molecule has 0 amide bonds. The van der Waals surface area contributed by atoms with E-state index in [1.807, 2.05) is 24.3 Å². The van der Waals surface area contributed by atoms with E-state index in [4.69, 9.17) is 4.74 Å². The molecule has 0 aliphatic rings. The second-order valence-corrected chi connectivity index (χ2v) is 8.60. The number of methoxy groups -OCH3 is 1. The minimum Gasteiger partial charge on any atom is -0.465 e. The van der Waals surface area contributed by atoms with Crippen molar-refractivity contribution in [2.45, 2.75) is 46.8 Å². The number of benzene rings is 2. The van der Waals surface area contributed by atoms with Gasteiger partial charge < -0.3 is 9.30 Å². The second-order valence-electron chi connectivity index (χ2n) is 8.60. The van der Waals surface area contributed by atoms with Crippen molar-refractivity contribution >= 4 is 5.97 Å². The van der Waals surface area contributed by atoms with Gasteiger partial charge in [0, 0.05) is 31.5 Å². The number of esters is 1. The molecule has 164 valence electrons. The van der Waals surface area contributed by atoms with E-state index in [2.05, 4.69) is 72.8 Å². The van der Waals surface area contributed by atoms with E-state index in [9.17, 15) is 4.79 Å². The number of rotatable bonds is 10. The Hall–Kier alpha value is -2.85. The van der Waals surface area contributed by atoms with E-state index in [1.54, 1.807) is 0 Å². The molecular formula is C27H34N2O2. The summed E-state index contributed by atoms with van der Waals surface area (Å²) in [5.74, 6) is 0.347. The Morgan fingerprint density at radius 2 is 1.68 bits per heavy atom. The number of ether oxygens (including phenoxy) is 1. The molecule has 0 atom stereocenters. The van der Waals surface area contributed by atoms with Crippen molar-refractivity contribution in [3.8, 4) is 0 Å². The van der Waals surface area contributed by atoms with Gasteiger partial charge in [0.2, 0.25) is 0 Å². The van der Waals surface area contributed by atoms with Crippen LogP contribution < -0.4 is 0 Å². The van der Waals surface area contributed by atoms with E-state index in [-0.39, 0.29) is 5.97 Å². The van der Waals surface area contributed by atoms with Crippen molar-refractivity contribution in [2.24, 2.45) is 5.92 Å². The molecule has 4 nitrogen and oxygen atoms in total. The number of aromatic nitrogens is 1. The summed E-state index contributed by atoms with van der Waals surface area (Å²) in [4.78, 5) is 14.7. The molecule has 31 heavy (non-hydrogen) atoms. The summed E-state index contributed by atoms with van der Waals surface area (Å²) in [6, 6.07) is 20.6. The molecule has 3 rings (SSSR count). The monoisotopic (exact) mass is 418 g/mol. The molecule has 0 fully saturated rings. The smallest absolute Gasteiger partial charge is 0.338 e. The molecule has 4 heteroatoms. The van der Waals surface area contributed by atoms with E-state index in [0.29, 0.717) is 18.0 Å². The van der Waals surface area contributed by atoms with Crippen molar-refractivity contribution in [1.82, 2.24) is 9.47 Å². The molecule has 3 aromatic rings. The van der Waals surface area contributed by atoms with Gasteiger partial charge >= 0.3 is 5.97 Å². The molecule has 0 unspecified atom stereocenters. The minimum absolute atomic E-state index is 0.276. The van der Waals surface area contributed by atoms with E-state index < -0.39 is 0 Å². The van der Waals surface area contributed by atoms with Gasteiger partial charge in [0.05, 0.1) is 12.7 Å². The third-order valence-corrected chi connectivity index (χ3v) is 5.75. The quantitative estimate of drug-likeness (QED) is 0.397. The molecule has 0 aliphatic carbocycles. The minimum atomic E-state index is -0.276. The maximum Gasteiger partial charge on any atom is 0.338 e. The van der Waals surface area contributed by atoms with Crippen molar-refractivity contribution in [2.75, 3.05) is 13.7 Å². The predicted molar refractivity (Wildman–Crippen MR) is 126 cm³/mol. The van der Waals surface area contributed by atoms with Crippen molar-refractivity contribution in [1.29, 1.82) is 0 Å². The van der Waals surface area contributed by atoms with Gasteiger partial charge in [-0.15, -0.1) is 0 Å². The molecule has 0 spiro atoms. The lowest BCUT2D eigenvalue weighted by Gasteiger charge is -2.25. The van der Waals surface area contributed by atoms with Crippen LogP contribution >= 0.6 is 0 Å². The lowest BCUT2D eigenvalue weighted by Crippen LogP contribution is -2.27. The summed E-state index contributed by atoms with van der Waals surface area (Å²) >= 11 is 0. The van der Waals surface area contributed by atoms with Crippen LogP contribution in [0.3, 0.4) is 0 Å². The molecule has 1 aromatic heterocycles. The maximum atomic E-state index is 12.2. The third kappa shape index (κ3) is 6.31. The first-order valence-corrected chi connectivity index (χ1v) is 11.0. The lowest BCUT2D eigenvalue weighted by molar-refractivity contribution is 0.0598. The van der Waals surface area contributed by atoms with Gasteiger partial charge in [-0.3, -0.25) is 4.90 Å². The molecule has 0 N–H and O–H groups in total. The SMILES string of the molecule is COC(=O)c1ccccc1CN(CCC(C)C)Cc1cccn1Cc1ccccc1C. The molecule has 0 aliphatic heterocycles. The number of hydrogen-bond acceptors (Lipinski definition) is 3. The number of nitrogens with zero attached hydrogens (tertiary/aromatic N) is 2. The van der Waals surface area contributed by atoms with Crippen LogP contribution in [-0.4, -0.2) is 29.1 Å². The summed E-state index contributed by atoms with van der Waals surface area (Å²) in [7, 11) is 1.44. The highest BCUT2D eigenvalue weighted by Gasteiger charge is 2.16. The highest BCUT2D eigenvalue weighted by molar-refractivity contribution is 5.90. The molecule has 1 heterocycles. The van der Waals surface area contributed by atoms with E-state index >= 15 is 0 Å². The van der Waals surface area contributed by atoms with E-state index in [0.717, 1.165) is 31.6 Å². The van der Waals surface area contributed by atoms with Crippen molar-refractivity contribution in [3.05, 3.63) is 94.8 Å². The fourth-order valence-corrected chi connectivity index (χ4v) is 3.81. The van der Waals surface area contributed by atoms with Gasteiger partial charge in [0.15, 0.2) is 0 Å². The molecule has 0 saturated heterocycles. The first-order chi connectivity index (χ1) is 15.0. The molecule has 0 bridgehead atoms. The molecular weight excluding hydrogens is 384 g/mol. The number of hydrogen-bond donors (Lipinski definition) is 0. The summed E-state index contributed by atoms with van der Waals surface area (Å²) in [5, 5.41) is 0. The second kappa shape index (κ2) is 11.0. The van der Waals surface area contributed by atoms with Crippen LogP contribution in [0.15, 0.2) is 66.9 Å². The first kappa shape index (κ1) is 22.8. The fraction of sp³-hybridized carbons (Fsp3) is 0.370. The number of aryl methyl sites for hydroxylation is 1. The van der Waals surface area contributed by atoms with Gasteiger partial charge in [0.1, 0.15) is 0 Å². The summed E-state index contributed by atoms with van der Waals surface area (Å²) < 4.78 is 7.33. The van der Waals surface area contributed by atoms with Crippen LogP contribution in [0.25, 0.3) is 0 Å². The highest BCUT2D eigenvalue weighted by atomic mass is 16.5. The van der Waals surface area contributed by atoms with Crippen LogP contribution in [0.5, 0.6) is 0 Å². The summed E-state index contributed by atoms with van der Waals surface area (Å²) in [6.45, 7) is 10.1. The van der Waals surface area contributed by atoms with Gasteiger partial charge in [-0.2, -0.15) is 0 Å². The molecule has 2 aromatic carbocycles. The Morgan fingerprint density at radius 3 is 2.39 bits per heavy atom. The average molecular weight is 419 g/mol. The fourth-order valence-electron chi connectivity index (χ4n) is 3.81. The standard InChI is InChI=1S/C27H34N2O2/c1-21(2)15-17-28(18-24-12-7-8-14-26(24)27(30)31-4)20-25-13-9-16-29(25)19-23-11-6-5-10-22(23)3/h5-14,16,21H,15,17-20H2,1-4H3. The Bertz CT molecular complexity index is 990. The van der Waals surface area contributed by atoms with Crippen LogP contribution in [-0.2, 0) is 24.4 Å². The molecule has 0 saturated carbocycles. The van der Waals surface area contributed by atoms with Gasteiger partial charge in [-0.05, 0) is 60.7 Å². The van der Waals surface area contributed by atoms with E-state index in [1.165, 1.54) is 23.9 Å².